The van der Waals surface area contributed by atoms with Gasteiger partial charge in [-0.2, -0.15) is 11.1 Å². The average Bonchev–Trinajstić information content (AvgIpc) is 2.15. The van der Waals surface area contributed by atoms with E-state index in [1.165, 1.54) is 51.4 Å². The average molecular weight is 209 g/mol. The van der Waals surface area contributed by atoms with E-state index >= 15 is 0 Å². The molecule has 0 saturated carbocycles. The van der Waals surface area contributed by atoms with Gasteiger partial charge in [0.05, 0.1) is 0 Å². The van der Waals surface area contributed by atoms with E-state index in [0.717, 1.165) is 9.55 Å². The Morgan fingerprint density at radius 1 is 0.667 bits per heavy atom. The molecule has 0 aliphatic rings. The van der Waals surface area contributed by atoms with Crippen molar-refractivity contribution >= 4 is 20.6 Å². The molecular formula is C10H25ClSi. The lowest BCUT2D eigenvalue weighted by molar-refractivity contribution is 0.585. The van der Waals surface area contributed by atoms with Crippen LogP contribution in [0.3, 0.4) is 0 Å². The van der Waals surface area contributed by atoms with Gasteiger partial charge in [-0.1, -0.05) is 65.2 Å². The van der Waals surface area contributed by atoms with Crippen molar-refractivity contribution in [1.82, 2.24) is 0 Å². The van der Waals surface area contributed by atoms with Crippen molar-refractivity contribution in [3.63, 3.8) is 0 Å². The first-order valence-corrected chi connectivity index (χ1v) is 8.32. The topological polar surface area (TPSA) is 0 Å². The fourth-order valence-electron chi connectivity index (χ4n) is 1.21. The highest BCUT2D eigenvalue weighted by atomic mass is 35.6. The highest BCUT2D eigenvalue weighted by molar-refractivity contribution is 6.80. The van der Waals surface area contributed by atoms with Gasteiger partial charge in [0.15, 0.2) is 0 Å². The van der Waals surface area contributed by atoms with E-state index < -0.39 is 0 Å². The SMILES string of the molecule is CCCCCCCCCC.[SiH3]Cl. The molecule has 0 aromatic rings. The van der Waals surface area contributed by atoms with Gasteiger partial charge in [-0.15, -0.1) is 0 Å². The zero-order valence-corrected chi connectivity index (χ0v) is 11.8. The number of hydrogen-bond donors (Lipinski definition) is 0. The van der Waals surface area contributed by atoms with Crippen molar-refractivity contribution in [3.8, 4) is 0 Å². The summed E-state index contributed by atoms with van der Waals surface area (Å²) in [4.78, 5) is 0. The number of rotatable bonds is 7. The molecule has 0 fully saturated rings. The molecule has 0 atom stereocenters. The first kappa shape index (κ1) is 15.0. The van der Waals surface area contributed by atoms with Gasteiger partial charge in [0, 0.05) is 0 Å². The summed E-state index contributed by atoms with van der Waals surface area (Å²) < 4.78 is 0. The first-order chi connectivity index (χ1) is 5.91. The standard InChI is InChI=1S/C10H22.ClH3Si/c1-3-5-7-9-10-8-6-4-2;1-2/h3-10H2,1-2H3;2H3. The molecular weight excluding hydrogens is 184 g/mol. The zero-order valence-electron chi connectivity index (χ0n) is 9.03. The Hall–Kier alpha value is 0.507. The Kier molecular flexibility index (Phi) is 21.9. The van der Waals surface area contributed by atoms with Crippen molar-refractivity contribution < 1.29 is 0 Å². The van der Waals surface area contributed by atoms with Crippen LogP contribution < -0.4 is 0 Å². The second-order valence-electron chi connectivity index (χ2n) is 3.12. The summed E-state index contributed by atoms with van der Waals surface area (Å²) in [5.41, 5.74) is 0. The maximum absolute atomic E-state index is 4.78. The van der Waals surface area contributed by atoms with E-state index in [0.29, 0.717) is 0 Å². The quantitative estimate of drug-likeness (QED) is 0.341. The monoisotopic (exact) mass is 208 g/mol. The Bertz CT molecular complexity index is 49.8. The normalized spacial score (nSPS) is 9.25. The predicted octanol–water partition coefficient (Wildman–Crippen LogP) is 3.65. The molecule has 76 valence electrons. The molecule has 12 heavy (non-hydrogen) atoms. The largest absolute Gasteiger partial charge is 0.181 e. The van der Waals surface area contributed by atoms with Gasteiger partial charge < -0.3 is 0 Å². The molecule has 0 heterocycles. The Morgan fingerprint density at radius 3 is 1.17 bits per heavy atom. The molecule has 0 N–H and O–H groups in total. The molecule has 0 aliphatic carbocycles. The van der Waals surface area contributed by atoms with Gasteiger partial charge in [0.2, 0.25) is 0 Å². The van der Waals surface area contributed by atoms with Crippen LogP contribution in [0.5, 0.6) is 0 Å². The minimum atomic E-state index is 0.778. The minimum Gasteiger partial charge on any atom is -0.181 e. The summed E-state index contributed by atoms with van der Waals surface area (Å²) in [6, 6.07) is 0. The van der Waals surface area contributed by atoms with E-state index in [1.54, 1.807) is 0 Å². The van der Waals surface area contributed by atoms with Gasteiger partial charge >= 0.3 is 0 Å². The number of halogens is 1. The van der Waals surface area contributed by atoms with Crippen LogP contribution in [-0.2, 0) is 0 Å². The first-order valence-electron chi connectivity index (χ1n) is 5.29. The molecule has 0 amide bonds. The van der Waals surface area contributed by atoms with Gasteiger partial charge in [0.25, 0.3) is 0 Å². The fourth-order valence-corrected chi connectivity index (χ4v) is 1.21. The Balaban J connectivity index is 0. The molecule has 0 saturated heterocycles. The highest BCUT2D eigenvalue weighted by Crippen LogP contribution is 2.07. The molecule has 0 spiro atoms. The molecule has 0 radical (unpaired) electrons. The lowest BCUT2D eigenvalue weighted by Crippen LogP contribution is -1.77. The lowest BCUT2D eigenvalue weighted by atomic mass is 10.1. The molecule has 0 bridgehead atoms. The summed E-state index contributed by atoms with van der Waals surface area (Å²) >= 11 is 4.78. The van der Waals surface area contributed by atoms with Gasteiger partial charge in [-0.25, -0.2) is 0 Å². The fraction of sp³-hybridized carbons (Fsp3) is 1.00. The summed E-state index contributed by atoms with van der Waals surface area (Å²) in [5.74, 6) is 0. The van der Waals surface area contributed by atoms with Crippen LogP contribution in [0.4, 0.5) is 0 Å². The van der Waals surface area contributed by atoms with Gasteiger partial charge in [0.1, 0.15) is 9.55 Å². The highest BCUT2D eigenvalue weighted by Gasteiger charge is 1.87. The molecule has 0 nitrogen and oxygen atoms in total. The maximum Gasteiger partial charge on any atom is 0.109 e. The minimum absolute atomic E-state index is 0.778. The van der Waals surface area contributed by atoms with Crippen molar-refractivity contribution in [1.29, 1.82) is 0 Å². The van der Waals surface area contributed by atoms with Crippen LogP contribution in [0.2, 0.25) is 0 Å². The molecule has 0 aromatic heterocycles. The molecule has 2 heteroatoms. The predicted molar refractivity (Wildman–Crippen MR) is 64.1 cm³/mol. The Labute approximate surface area is 86.2 Å². The van der Waals surface area contributed by atoms with E-state index in [4.69, 9.17) is 11.1 Å². The summed E-state index contributed by atoms with van der Waals surface area (Å²) in [6.07, 6.45) is 11.5. The van der Waals surface area contributed by atoms with Crippen LogP contribution in [0.25, 0.3) is 0 Å². The summed E-state index contributed by atoms with van der Waals surface area (Å²) in [6.45, 7) is 4.54. The lowest BCUT2D eigenvalue weighted by Gasteiger charge is -1.97. The number of unbranched alkanes of at least 4 members (excludes halogenated alkanes) is 7. The Morgan fingerprint density at radius 2 is 0.917 bits per heavy atom. The summed E-state index contributed by atoms with van der Waals surface area (Å²) in [7, 11) is 0.778. The van der Waals surface area contributed by atoms with Crippen molar-refractivity contribution in [2.24, 2.45) is 0 Å². The van der Waals surface area contributed by atoms with Crippen LogP contribution in [0.15, 0.2) is 0 Å². The third kappa shape index (κ3) is 16.9. The molecule has 0 aromatic carbocycles. The van der Waals surface area contributed by atoms with Gasteiger partial charge in [-0.3, -0.25) is 0 Å². The smallest absolute Gasteiger partial charge is 0.109 e. The third-order valence-corrected chi connectivity index (χ3v) is 1.96. The maximum atomic E-state index is 4.78. The van der Waals surface area contributed by atoms with Crippen molar-refractivity contribution in [2.45, 2.75) is 65.2 Å². The molecule has 0 rings (SSSR count). The van der Waals surface area contributed by atoms with Crippen LogP contribution in [0, 0.1) is 0 Å². The van der Waals surface area contributed by atoms with Crippen LogP contribution in [-0.4, -0.2) is 9.55 Å². The van der Waals surface area contributed by atoms with Crippen LogP contribution in [0.1, 0.15) is 65.2 Å². The van der Waals surface area contributed by atoms with Gasteiger partial charge in [-0.05, 0) is 0 Å². The van der Waals surface area contributed by atoms with Crippen molar-refractivity contribution in [3.05, 3.63) is 0 Å². The van der Waals surface area contributed by atoms with Crippen molar-refractivity contribution in [2.75, 3.05) is 0 Å². The molecule has 0 aliphatic heterocycles. The van der Waals surface area contributed by atoms with E-state index in [2.05, 4.69) is 13.8 Å². The summed E-state index contributed by atoms with van der Waals surface area (Å²) in [5, 5.41) is 0. The zero-order chi connectivity index (χ0) is 9.66. The van der Waals surface area contributed by atoms with Crippen LogP contribution >= 0.6 is 11.1 Å². The number of hydrogen-bond acceptors (Lipinski definition) is 0. The van der Waals surface area contributed by atoms with E-state index in [9.17, 15) is 0 Å². The van der Waals surface area contributed by atoms with E-state index in [-0.39, 0.29) is 0 Å². The second kappa shape index (κ2) is 17.6. The molecule has 0 unspecified atom stereocenters. The van der Waals surface area contributed by atoms with E-state index in [1.807, 2.05) is 0 Å². The third-order valence-electron chi connectivity index (χ3n) is 1.96. The second-order valence-corrected chi connectivity index (χ2v) is 3.12.